The highest BCUT2D eigenvalue weighted by atomic mass is 16.2. The van der Waals surface area contributed by atoms with Crippen LogP contribution in [0, 0.1) is 5.92 Å². The SMILES string of the molecule is CCC(C)[C@@H]1NC(=O)[C@H](Cc2c[nH]c3ccccc23)NC(=O)[C@@H]2CCCN2C(=O)[C@@H](Cc2cnc[nH]2)NC(=O)[C@@H]2CCCCN2C(=O)[C@H]2CCCCN2C1=O. The lowest BCUT2D eigenvalue weighted by molar-refractivity contribution is -0.155. The minimum atomic E-state index is -1.09. The van der Waals surface area contributed by atoms with E-state index in [4.69, 9.17) is 0 Å². The van der Waals surface area contributed by atoms with Gasteiger partial charge in [-0.05, 0) is 68.9 Å². The first kappa shape index (κ1) is 38.1. The van der Waals surface area contributed by atoms with Crippen molar-refractivity contribution in [3.63, 3.8) is 0 Å². The highest BCUT2D eigenvalue weighted by Gasteiger charge is 2.45. The molecule has 0 aliphatic carbocycles. The molecule has 5 N–H and O–H groups in total. The third-order valence-electron chi connectivity index (χ3n) is 12.1. The van der Waals surface area contributed by atoms with Gasteiger partial charge < -0.3 is 40.6 Å². The second-order valence-corrected chi connectivity index (χ2v) is 15.6. The number of amides is 6. The number of rotatable bonds is 6. The van der Waals surface area contributed by atoms with Crippen LogP contribution >= 0.6 is 0 Å². The maximum atomic E-state index is 14.6. The van der Waals surface area contributed by atoms with Crippen molar-refractivity contribution in [1.82, 2.24) is 45.6 Å². The Labute approximate surface area is 320 Å². The van der Waals surface area contributed by atoms with Crippen LogP contribution < -0.4 is 16.0 Å². The molecule has 294 valence electrons. The lowest BCUT2D eigenvalue weighted by Crippen LogP contribution is -2.64. The first-order valence-electron chi connectivity index (χ1n) is 20.0. The number of aromatic nitrogens is 3. The van der Waals surface area contributed by atoms with Crippen molar-refractivity contribution in [3.8, 4) is 0 Å². The number of benzene rings is 1. The van der Waals surface area contributed by atoms with Crippen molar-refractivity contribution in [2.45, 2.75) is 121 Å². The van der Waals surface area contributed by atoms with Gasteiger partial charge in [0.2, 0.25) is 35.4 Å². The Balaban J connectivity index is 1.28. The molecule has 2 aromatic heterocycles. The lowest BCUT2D eigenvalue weighted by Gasteiger charge is -2.43. The molecular formula is C40H53N9O6. The number of nitrogens with one attached hydrogen (secondary N) is 5. The summed E-state index contributed by atoms with van der Waals surface area (Å²) in [5.74, 6) is -2.78. The number of nitrogens with zero attached hydrogens (tertiary/aromatic N) is 4. The van der Waals surface area contributed by atoms with Crippen molar-refractivity contribution in [3.05, 3.63) is 54.2 Å². The van der Waals surface area contributed by atoms with Crippen molar-refractivity contribution >= 4 is 46.3 Å². The fraction of sp³-hybridized carbons (Fsp3) is 0.575. The standard InChI is InChI=1S/C40H53N9O6/c1-3-24(2)34-40(55)49-17-9-7-14-33(49)39(54)48-16-8-6-13-31(48)37(52)45-30(20-26-22-41-23-43-26)38(53)47-18-10-15-32(47)36(51)44-29(35(50)46-34)19-25-21-42-28-12-5-4-11-27(25)28/h4-5,11-12,21-24,29-34,42H,3,6-10,13-20H2,1-2H3,(H,41,43)(H,44,51)(H,45,52)(H,46,50)/t24?,29-,30+,31-,32-,33+,34-/m0/s1. The van der Waals surface area contributed by atoms with Crippen LogP contribution in [0.15, 0.2) is 43.0 Å². The average molecular weight is 756 g/mol. The van der Waals surface area contributed by atoms with Gasteiger partial charge in [-0.3, -0.25) is 28.8 Å². The summed E-state index contributed by atoms with van der Waals surface area (Å²) in [7, 11) is 0. The van der Waals surface area contributed by atoms with Crippen LogP contribution in [0.4, 0.5) is 0 Å². The minimum Gasteiger partial charge on any atom is -0.361 e. The Morgan fingerprint density at radius 1 is 0.691 bits per heavy atom. The molecule has 4 aliphatic rings. The van der Waals surface area contributed by atoms with E-state index in [0.717, 1.165) is 29.3 Å². The Bertz CT molecular complexity index is 1890. The Morgan fingerprint density at radius 2 is 1.33 bits per heavy atom. The van der Waals surface area contributed by atoms with E-state index in [1.807, 2.05) is 44.3 Å². The van der Waals surface area contributed by atoms with Gasteiger partial charge >= 0.3 is 0 Å². The summed E-state index contributed by atoms with van der Waals surface area (Å²) in [5.41, 5.74) is 2.32. The molecule has 4 aliphatic heterocycles. The van der Waals surface area contributed by atoms with Crippen LogP contribution in [-0.4, -0.2) is 121 Å². The highest BCUT2D eigenvalue weighted by Crippen LogP contribution is 2.28. The number of aromatic amines is 2. The monoisotopic (exact) mass is 755 g/mol. The molecule has 1 unspecified atom stereocenters. The van der Waals surface area contributed by atoms with Crippen molar-refractivity contribution in [2.24, 2.45) is 5.92 Å². The van der Waals surface area contributed by atoms with Crippen LogP contribution in [0.2, 0.25) is 0 Å². The smallest absolute Gasteiger partial charge is 0.246 e. The van der Waals surface area contributed by atoms with E-state index in [1.54, 1.807) is 16.0 Å². The number of fused-ring (bicyclic) bond motifs is 4. The van der Waals surface area contributed by atoms with Crippen molar-refractivity contribution in [2.75, 3.05) is 19.6 Å². The number of carbonyl (C=O) groups is 6. The van der Waals surface area contributed by atoms with Gasteiger partial charge in [-0.2, -0.15) is 0 Å². The minimum absolute atomic E-state index is 0.101. The van der Waals surface area contributed by atoms with Gasteiger partial charge in [-0.1, -0.05) is 38.5 Å². The number of H-pyrrole nitrogens is 2. The van der Waals surface area contributed by atoms with E-state index in [-0.39, 0.29) is 30.6 Å². The van der Waals surface area contributed by atoms with Gasteiger partial charge in [0.25, 0.3) is 0 Å². The van der Waals surface area contributed by atoms with Crippen LogP contribution in [0.3, 0.4) is 0 Å². The second-order valence-electron chi connectivity index (χ2n) is 15.6. The highest BCUT2D eigenvalue weighted by molar-refractivity contribution is 5.99. The fourth-order valence-corrected chi connectivity index (χ4v) is 8.81. The fourth-order valence-electron chi connectivity index (χ4n) is 8.81. The van der Waals surface area contributed by atoms with Crippen LogP contribution in [0.1, 0.15) is 82.9 Å². The summed E-state index contributed by atoms with van der Waals surface area (Å²) < 4.78 is 0. The van der Waals surface area contributed by atoms with Gasteiger partial charge in [-0.15, -0.1) is 0 Å². The molecule has 15 nitrogen and oxygen atoms in total. The van der Waals surface area contributed by atoms with E-state index in [9.17, 15) is 28.8 Å². The molecule has 3 aromatic rings. The number of hydrogen-bond donors (Lipinski definition) is 5. The summed E-state index contributed by atoms with van der Waals surface area (Å²) in [4.78, 5) is 102. The first-order chi connectivity index (χ1) is 26.6. The van der Waals surface area contributed by atoms with E-state index >= 15 is 0 Å². The molecule has 0 bridgehead atoms. The molecule has 7 atom stereocenters. The summed E-state index contributed by atoms with van der Waals surface area (Å²) in [6, 6.07) is 2.08. The maximum absolute atomic E-state index is 14.6. The maximum Gasteiger partial charge on any atom is 0.246 e. The molecular weight excluding hydrogens is 702 g/mol. The van der Waals surface area contributed by atoms with E-state index in [0.29, 0.717) is 70.3 Å². The largest absolute Gasteiger partial charge is 0.361 e. The van der Waals surface area contributed by atoms with Crippen molar-refractivity contribution in [1.29, 1.82) is 0 Å². The normalized spacial score (nSPS) is 28.1. The second kappa shape index (κ2) is 16.7. The molecule has 6 heterocycles. The van der Waals surface area contributed by atoms with E-state index < -0.39 is 59.9 Å². The van der Waals surface area contributed by atoms with Gasteiger partial charge in [-0.25, -0.2) is 4.98 Å². The van der Waals surface area contributed by atoms with Crippen molar-refractivity contribution < 1.29 is 28.8 Å². The molecule has 0 saturated carbocycles. The van der Waals surface area contributed by atoms with Gasteiger partial charge in [0, 0.05) is 61.5 Å². The van der Waals surface area contributed by atoms with E-state index in [1.165, 1.54) is 11.2 Å². The Kier molecular flexibility index (Phi) is 11.5. The van der Waals surface area contributed by atoms with Gasteiger partial charge in [0.1, 0.15) is 36.3 Å². The lowest BCUT2D eigenvalue weighted by atomic mass is 9.92. The molecule has 0 radical (unpaired) electrons. The van der Waals surface area contributed by atoms with Crippen LogP contribution in [0.25, 0.3) is 10.9 Å². The average Bonchev–Trinajstić information content (AvgIpc) is 4.00. The number of hydrogen-bond acceptors (Lipinski definition) is 7. The van der Waals surface area contributed by atoms with Crippen LogP contribution in [-0.2, 0) is 41.6 Å². The Morgan fingerprint density at radius 3 is 2.04 bits per heavy atom. The zero-order valence-electron chi connectivity index (χ0n) is 31.7. The molecule has 4 saturated heterocycles. The summed E-state index contributed by atoms with van der Waals surface area (Å²) in [6.45, 7) is 4.83. The molecule has 4 fully saturated rings. The third-order valence-corrected chi connectivity index (χ3v) is 12.1. The predicted octanol–water partition coefficient (Wildman–Crippen LogP) is 1.94. The number of para-hydroxylation sites is 1. The zero-order valence-corrected chi connectivity index (χ0v) is 31.7. The summed E-state index contributed by atoms with van der Waals surface area (Å²) in [5, 5.41) is 9.89. The van der Waals surface area contributed by atoms with Gasteiger partial charge in [0.05, 0.1) is 6.33 Å². The third kappa shape index (κ3) is 7.97. The zero-order chi connectivity index (χ0) is 38.6. The molecule has 6 amide bonds. The quantitative estimate of drug-likeness (QED) is 0.254. The van der Waals surface area contributed by atoms with Gasteiger partial charge in [0.15, 0.2) is 0 Å². The first-order valence-corrected chi connectivity index (χ1v) is 20.0. The summed E-state index contributed by atoms with van der Waals surface area (Å²) >= 11 is 0. The summed E-state index contributed by atoms with van der Waals surface area (Å²) in [6.07, 6.45) is 10.4. The predicted molar refractivity (Wildman–Crippen MR) is 203 cm³/mol. The molecule has 7 rings (SSSR count). The Hall–Kier alpha value is -5.21. The molecule has 55 heavy (non-hydrogen) atoms. The number of imidazole rings is 1. The molecule has 0 spiro atoms. The van der Waals surface area contributed by atoms with E-state index in [2.05, 4.69) is 30.9 Å². The molecule has 1 aromatic carbocycles. The number of piperidine rings is 2. The topological polar surface area (TPSA) is 193 Å². The number of carbonyl (C=O) groups excluding carboxylic acids is 6. The van der Waals surface area contributed by atoms with Crippen LogP contribution in [0.5, 0.6) is 0 Å². The molecule has 15 heteroatoms.